The number of para-hydroxylation sites is 1. The smallest absolute Gasteiger partial charge is 0.170 e. The second-order valence-corrected chi connectivity index (χ2v) is 5.37. The molecule has 0 atom stereocenters. The summed E-state index contributed by atoms with van der Waals surface area (Å²) in [6.07, 6.45) is 2.03. The zero-order valence-electron chi connectivity index (χ0n) is 11.6. The number of rotatable bonds is 4. The number of nitrogens with zero attached hydrogens (tertiary/aromatic N) is 4. The van der Waals surface area contributed by atoms with Gasteiger partial charge >= 0.3 is 0 Å². The van der Waals surface area contributed by atoms with Crippen molar-refractivity contribution in [2.45, 2.75) is 31.8 Å². The monoisotopic (exact) mass is 273 g/mol. The molecule has 1 aliphatic heterocycles. The van der Waals surface area contributed by atoms with Crippen molar-refractivity contribution in [2.75, 3.05) is 13.2 Å². The van der Waals surface area contributed by atoms with Gasteiger partial charge < -0.3 is 10.1 Å². The summed E-state index contributed by atoms with van der Waals surface area (Å²) >= 11 is 0. The van der Waals surface area contributed by atoms with Gasteiger partial charge in [0, 0.05) is 18.8 Å². The second kappa shape index (κ2) is 5.68. The zero-order chi connectivity index (χ0) is 13.8. The van der Waals surface area contributed by atoms with E-state index < -0.39 is 0 Å². The van der Waals surface area contributed by atoms with E-state index in [-0.39, 0.29) is 5.54 Å². The van der Waals surface area contributed by atoms with Gasteiger partial charge in [-0.15, -0.1) is 5.10 Å². The van der Waals surface area contributed by atoms with Crippen molar-refractivity contribution in [1.29, 1.82) is 0 Å². The molecule has 0 unspecified atom stereocenters. The standard InChI is InChI=1S/C14H19N5O/c1-14(7-9-20-10-8-14)15-11-13-16-17-18-19(13)12-5-3-2-4-6-12/h2-6,15H,7-11H2,1H3. The van der Waals surface area contributed by atoms with Crippen molar-refractivity contribution in [3.8, 4) is 5.69 Å². The van der Waals surface area contributed by atoms with Crippen molar-refractivity contribution < 1.29 is 4.74 Å². The maximum atomic E-state index is 5.41. The molecule has 1 aromatic heterocycles. The molecule has 2 aromatic rings. The number of hydrogen-bond acceptors (Lipinski definition) is 5. The predicted molar refractivity (Wildman–Crippen MR) is 74.5 cm³/mol. The van der Waals surface area contributed by atoms with Crippen LogP contribution in [0.1, 0.15) is 25.6 Å². The van der Waals surface area contributed by atoms with Crippen LogP contribution in [-0.2, 0) is 11.3 Å². The fraction of sp³-hybridized carbons (Fsp3) is 0.500. The molecule has 6 heteroatoms. The third-order valence-electron chi connectivity index (χ3n) is 3.80. The largest absolute Gasteiger partial charge is 0.381 e. The number of benzene rings is 1. The van der Waals surface area contributed by atoms with E-state index in [0.29, 0.717) is 6.54 Å². The van der Waals surface area contributed by atoms with Crippen LogP contribution < -0.4 is 5.32 Å². The number of aromatic nitrogens is 4. The average molecular weight is 273 g/mol. The highest BCUT2D eigenvalue weighted by Crippen LogP contribution is 2.20. The molecule has 0 spiro atoms. The van der Waals surface area contributed by atoms with Crippen molar-refractivity contribution >= 4 is 0 Å². The molecule has 20 heavy (non-hydrogen) atoms. The van der Waals surface area contributed by atoms with Gasteiger partial charge in [0.2, 0.25) is 0 Å². The molecular weight excluding hydrogens is 254 g/mol. The van der Waals surface area contributed by atoms with Crippen LogP contribution in [-0.4, -0.2) is 39.0 Å². The Bertz CT molecular complexity index is 548. The first-order valence-corrected chi connectivity index (χ1v) is 6.92. The minimum atomic E-state index is 0.103. The van der Waals surface area contributed by atoms with Crippen LogP contribution >= 0.6 is 0 Å². The van der Waals surface area contributed by atoms with Gasteiger partial charge in [-0.05, 0) is 42.3 Å². The molecule has 0 bridgehead atoms. The molecule has 1 N–H and O–H groups in total. The molecule has 1 aromatic carbocycles. The topological polar surface area (TPSA) is 64.9 Å². The molecule has 0 radical (unpaired) electrons. The van der Waals surface area contributed by atoms with Crippen LogP contribution in [0.25, 0.3) is 5.69 Å². The summed E-state index contributed by atoms with van der Waals surface area (Å²) in [4.78, 5) is 0. The highest BCUT2D eigenvalue weighted by Gasteiger charge is 2.27. The molecule has 6 nitrogen and oxygen atoms in total. The number of ether oxygens (including phenoxy) is 1. The van der Waals surface area contributed by atoms with Crippen molar-refractivity contribution in [1.82, 2.24) is 25.5 Å². The number of nitrogens with one attached hydrogen (secondary N) is 1. The Morgan fingerprint density at radius 3 is 2.75 bits per heavy atom. The molecule has 0 saturated carbocycles. The highest BCUT2D eigenvalue weighted by atomic mass is 16.5. The first kappa shape index (κ1) is 13.2. The molecule has 1 saturated heterocycles. The van der Waals surface area contributed by atoms with Gasteiger partial charge in [-0.1, -0.05) is 18.2 Å². The lowest BCUT2D eigenvalue weighted by Crippen LogP contribution is -2.46. The summed E-state index contributed by atoms with van der Waals surface area (Å²) in [6, 6.07) is 9.93. The second-order valence-electron chi connectivity index (χ2n) is 5.37. The number of tetrazole rings is 1. The molecule has 0 amide bonds. The van der Waals surface area contributed by atoms with E-state index in [1.54, 1.807) is 4.68 Å². The third kappa shape index (κ3) is 2.86. The van der Waals surface area contributed by atoms with E-state index in [4.69, 9.17) is 4.74 Å². The van der Waals surface area contributed by atoms with Crippen LogP contribution in [0.3, 0.4) is 0 Å². The third-order valence-corrected chi connectivity index (χ3v) is 3.80. The first-order chi connectivity index (χ1) is 9.77. The van der Waals surface area contributed by atoms with Gasteiger partial charge in [0.05, 0.1) is 12.2 Å². The Morgan fingerprint density at radius 2 is 2.00 bits per heavy atom. The summed E-state index contributed by atoms with van der Waals surface area (Å²) in [5, 5.41) is 15.5. The Hall–Kier alpha value is -1.79. The Kier molecular flexibility index (Phi) is 3.75. The average Bonchev–Trinajstić information content (AvgIpc) is 2.95. The quantitative estimate of drug-likeness (QED) is 0.910. The van der Waals surface area contributed by atoms with Gasteiger partial charge in [-0.3, -0.25) is 0 Å². The first-order valence-electron chi connectivity index (χ1n) is 6.92. The fourth-order valence-electron chi connectivity index (χ4n) is 2.38. The Labute approximate surface area is 118 Å². The van der Waals surface area contributed by atoms with E-state index in [0.717, 1.165) is 37.6 Å². The number of hydrogen-bond donors (Lipinski definition) is 1. The maximum absolute atomic E-state index is 5.41. The van der Waals surface area contributed by atoms with E-state index in [1.165, 1.54) is 0 Å². The maximum Gasteiger partial charge on any atom is 0.170 e. The lowest BCUT2D eigenvalue weighted by molar-refractivity contribution is 0.0443. The predicted octanol–water partition coefficient (Wildman–Crippen LogP) is 1.32. The lowest BCUT2D eigenvalue weighted by atomic mass is 9.92. The molecule has 1 fully saturated rings. The van der Waals surface area contributed by atoms with Gasteiger partial charge in [0.25, 0.3) is 0 Å². The van der Waals surface area contributed by atoms with Crippen LogP contribution in [0.4, 0.5) is 0 Å². The van der Waals surface area contributed by atoms with E-state index in [9.17, 15) is 0 Å². The summed E-state index contributed by atoms with van der Waals surface area (Å²) in [6.45, 7) is 4.50. The Morgan fingerprint density at radius 1 is 1.25 bits per heavy atom. The summed E-state index contributed by atoms with van der Waals surface area (Å²) in [5.74, 6) is 0.823. The van der Waals surface area contributed by atoms with E-state index in [2.05, 4.69) is 27.8 Å². The SMILES string of the molecule is CC1(NCc2nnnn2-c2ccccc2)CCOCC1. The molecule has 1 aliphatic rings. The molecule has 0 aliphatic carbocycles. The Balaban J connectivity index is 1.71. The van der Waals surface area contributed by atoms with E-state index >= 15 is 0 Å². The highest BCUT2D eigenvalue weighted by molar-refractivity contribution is 5.30. The van der Waals surface area contributed by atoms with E-state index in [1.807, 2.05) is 30.3 Å². The molecule has 106 valence electrons. The summed E-state index contributed by atoms with van der Waals surface area (Å²) < 4.78 is 7.18. The molecule has 2 heterocycles. The van der Waals surface area contributed by atoms with Crippen LogP contribution in [0, 0.1) is 0 Å². The lowest BCUT2D eigenvalue weighted by Gasteiger charge is -2.34. The van der Waals surface area contributed by atoms with Crippen LogP contribution in [0.5, 0.6) is 0 Å². The summed E-state index contributed by atoms with van der Waals surface area (Å²) in [5.41, 5.74) is 1.08. The normalized spacial score (nSPS) is 18.1. The summed E-state index contributed by atoms with van der Waals surface area (Å²) in [7, 11) is 0. The van der Waals surface area contributed by atoms with Gasteiger partial charge in [-0.25, -0.2) is 0 Å². The molecular formula is C14H19N5O. The van der Waals surface area contributed by atoms with Gasteiger partial charge in [-0.2, -0.15) is 4.68 Å². The minimum absolute atomic E-state index is 0.103. The zero-order valence-corrected chi connectivity index (χ0v) is 11.6. The van der Waals surface area contributed by atoms with Gasteiger partial charge in [0.1, 0.15) is 0 Å². The van der Waals surface area contributed by atoms with Crippen molar-refractivity contribution in [2.24, 2.45) is 0 Å². The minimum Gasteiger partial charge on any atom is -0.381 e. The fourth-order valence-corrected chi connectivity index (χ4v) is 2.38. The molecule has 3 rings (SSSR count). The van der Waals surface area contributed by atoms with Crippen molar-refractivity contribution in [3.63, 3.8) is 0 Å². The van der Waals surface area contributed by atoms with Crippen LogP contribution in [0.2, 0.25) is 0 Å². The van der Waals surface area contributed by atoms with Gasteiger partial charge in [0.15, 0.2) is 5.82 Å². The van der Waals surface area contributed by atoms with Crippen LogP contribution in [0.15, 0.2) is 30.3 Å². The van der Waals surface area contributed by atoms with Crippen molar-refractivity contribution in [3.05, 3.63) is 36.2 Å².